The Balaban J connectivity index is 1.37. The van der Waals surface area contributed by atoms with E-state index in [1.165, 1.54) is 9.80 Å². The van der Waals surface area contributed by atoms with Crippen LogP contribution in [0.2, 0.25) is 0 Å². The van der Waals surface area contributed by atoms with Crippen LogP contribution in [-0.4, -0.2) is 48.1 Å². The van der Waals surface area contributed by atoms with Gasteiger partial charge in [-0.1, -0.05) is 72.8 Å². The summed E-state index contributed by atoms with van der Waals surface area (Å²) in [6, 6.07) is 35.2. The number of benzene rings is 4. The number of carbonyl (C=O) groups excluding carboxylic acids is 2. The molecule has 0 bridgehead atoms. The molecule has 0 aliphatic carbocycles. The summed E-state index contributed by atoms with van der Waals surface area (Å²) in [6.45, 7) is 0.591. The van der Waals surface area contributed by atoms with Crippen LogP contribution in [0.5, 0.6) is 0 Å². The highest BCUT2D eigenvalue weighted by Crippen LogP contribution is 2.37. The molecular weight excluding hydrogens is 527 g/mol. The Morgan fingerprint density at radius 2 is 1.10 bits per heavy atom. The van der Waals surface area contributed by atoms with E-state index in [2.05, 4.69) is 0 Å². The maximum absolute atomic E-state index is 15.7. The summed E-state index contributed by atoms with van der Waals surface area (Å²) in [6.07, 6.45) is -6.43. The SMILES string of the molecule is C[C@]1(F)[C@H](O)O[C@H](COC(=O)N(c2ccccc2)c2ccccc2)[C@H]1OC(=O)N(c1ccccc1)c1ccccc1. The highest BCUT2D eigenvalue weighted by Gasteiger charge is 2.57. The molecule has 210 valence electrons. The van der Waals surface area contributed by atoms with Gasteiger partial charge < -0.3 is 19.3 Å². The van der Waals surface area contributed by atoms with Crippen molar-refractivity contribution in [1.82, 2.24) is 0 Å². The number of halogens is 1. The van der Waals surface area contributed by atoms with E-state index in [9.17, 15) is 14.7 Å². The topological polar surface area (TPSA) is 88.5 Å². The Morgan fingerprint density at radius 1 is 0.732 bits per heavy atom. The lowest BCUT2D eigenvalue weighted by Crippen LogP contribution is -2.47. The van der Waals surface area contributed by atoms with E-state index < -0.39 is 43.0 Å². The second-order valence-electron chi connectivity index (χ2n) is 9.57. The maximum Gasteiger partial charge on any atom is 0.419 e. The van der Waals surface area contributed by atoms with Crippen molar-refractivity contribution in [2.75, 3.05) is 16.4 Å². The number of aliphatic hydroxyl groups excluding tert-OH is 1. The van der Waals surface area contributed by atoms with Gasteiger partial charge >= 0.3 is 12.2 Å². The van der Waals surface area contributed by atoms with Crippen LogP contribution in [0.15, 0.2) is 121 Å². The van der Waals surface area contributed by atoms with Crippen LogP contribution in [0, 0.1) is 0 Å². The highest BCUT2D eigenvalue weighted by molar-refractivity contribution is 5.96. The van der Waals surface area contributed by atoms with Gasteiger partial charge in [0.15, 0.2) is 18.1 Å². The van der Waals surface area contributed by atoms with Gasteiger partial charge in [-0.05, 0) is 55.5 Å². The second-order valence-corrected chi connectivity index (χ2v) is 9.57. The summed E-state index contributed by atoms with van der Waals surface area (Å²) in [7, 11) is 0. The molecule has 5 rings (SSSR count). The molecule has 41 heavy (non-hydrogen) atoms. The van der Waals surface area contributed by atoms with Crippen molar-refractivity contribution in [1.29, 1.82) is 0 Å². The van der Waals surface area contributed by atoms with Gasteiger partial charge in [-0.25, -0.2) is 23.8 Å². The number of para-hydroxylation sites is 4. The maximum atomic E-state index is 15.7. The van der Waals surface area contributed by atoms with Gasteiger partial charge in [-0.2, -0.15) is 0 Å². The molecule has 9 heteroatoms. The van der Waals surface area contributed by atoms with Gasteiger partial charge in [-0.3, -0.25) is 0 Å². The molecule has 4 aromatic carbocycles. The molecule has 2 amide bonds. The minimum atomic E-state index is -2.48. The van der Waals surface area contributed by atoms with Crippen molar-refractivity contribution < 1.29 is 33.3 Å². The molecule has 1 aliphatic rings. The van der Waals surface area contributed by atoms with Gasteiger partial charge in [0.25, 0.3) is 0 Å². The van der Waals surface area contributed by atoms with Gasteiger partial charge in [0.05, 0.1) is 22.7 Å². The van der Waals surface area contributed by atoms with E-state index in [0.29, 0.717) is 22.7 Å². The number of carbonyl (C=O) groups is 2. The zero-order chi connectivity index (χ0) is 28.8. The van der Waals surface area contributed by atoms with Crippen molar-refractivity contribution >= 4 is 34.9 Å². The molecule has 1 aliphatic heterocycles. The number of amides is 2. The molecule has 1 N–H and O–H groups in total. The van der Waals surface area contributed by atoms with Crippen LogP contribution in [0.25, 0.3) is 0 Å². The predicted molar refractivity (Wildman–Crippen MR) is 152 cm³/mol. The lowest BCUT2D eigenvalue weighted by molar-refractivity contribution is -0.143. The summed E-state index contributed by atoms with van der Waals surface area (Å²) in [5.41, 5.74) is -0.391. The number of nitrogens with zero attached hydrogens (tertiary/aromatic N) is 2. The monoisotopic (exact) mass is 556 g/mol. The molecule has 8 nitrogen and oxygen atoms in total. The number of rotatable bonds is 7. The second kappa shape index (κ2) is 12.2. The molecule has 1 heterocycles. The fourth-order valence-electron chi connectivity index (χ4n) is 4.60. The third-order valence-corrected chi connectivity index (χ3v) is 6.70. The molecular formula is C32H29FN2O6. The summed E-state index contributed by atoms with van der Waals surface area (Å²) in [5, 5.41) is 10.4. The van der Waals surface area contributed by atoms with Crippen LogP contribution in [0.4, 0.5) is 36.7 Å². The van der Waals surface area contributed by atoms with Crippen molar-refractivity contribution in [2.24, 2.45) is 0 Å². The molecule has 1 saturated heterocycles. The summed E-state index contributed by atoms with van der Waals surface area (Å²) < 4.78 is 32.4. The molecule has 0 spiro atoms. The summed E-state index contributed by atoms with van der Waals surface area (Å²) in [5.74, 6) is 0. The first kappa shape index (κ1) is 27.8. The zero-order valence-electron chi connectivity index (χ0n) is 22.2. The molecule has 0 radical (unpaired) electrons. The molecule has 0 unspecified atom stereocenters. The van der Waals surface area contributed by atoms with Crippen LogP contribution < -0.4 is 9.80 Å². The van der Waals surface area contributed by atoms with Crippen LogP contribution in [0.3, 0.4) is 0 Å². The Bertz CT molecular complexity index is 1360. The number of hydrogen-bond acceptors (Lipinski definition) is 6. The van der Waals surface area contributed by atoms with Gasteiger partial charge in [0.2, 0.25) is 0 Å². The third kappa shape index (κ3) is 6.06. The molecule has 4 aromatic rings. The van der Waals surface area contributed by atoms with Crippen LogP contribution >= 0.6 is 0 Å². The lowest BCUT2D eigenvalue weighted by atomic mass is 9.99. The molecule has 4 atom stereocenters. The van der Waals surface area contributed by atoms with Gasteiger partial charge in [-0.15, -0.1) is 0 Å². The van der Waals surface area contributed by atoms with E-state index >= 15 is 4.39 Å². The molecule has 1 fully saturated rings. The minimum Gasteiger partial charge on any atom is -0.446 e. The van der Waals surface area contributed by atoms with E-state index in [1.807, 2.05) is 12.1 Å². The minimum absolute atomic E-state index is 0.486. The Kier molecular flexibility index (Phi) is 8.28. The molecule has 0 aromatic heterocycles. The van der Waals surface area contributed by atoms with E-state index in [-0.39, 0.29) is 0 Å². The van der Waals surface area contributed by atoms with E-state index in [4.69, 9.17) is 14.2 Å². The number of alkyl halides is 1. The number of aliphatic hydroxyl groups is 1. The fraction of sp³-hybridized carbons (Fsp3) is 0.188. The summed E-state index contributed by atoms with van der Waals surface area (Å²) >= 11 is 0. The Labute approximate surface area is 237 Å². The van der Waals surface area contributed by atoms with Crippen LogP contribution in [-0.2, 0) is 14.2 Å². The first-order valence-corrected chi connectivity index (χ1v) is 13.1. The molecule has 0 saturated carbocycles. The first-order valence-electron chi connectivity index (χ1n) is 13.1. The zero-order valence-corrected chi connectivity index (χ0v) is 22.2. The Hall–Kier alpha value is -4.73. The van der Waals surface area contributed by atoms with Crippen LogP contribution in [0.1, 0.15) is 6.92 Å². The van der Waals surface area contributed by atoms with Crippen molar-refractivity contribution in [2.45, 2.75) is 31.1 Å². The quantitative estimate of drug-likeness (QED) is 0.271. The number of anilines is 4. The normalized spacial score (nSPS) is 21.6. The lowest BCUT2D eigenvalue weighted by Gasteiger charge is -2.29. The fourth-order valence-corrected chi connectivity index (χ4v) is 4.60. The van der Waals surface area contributed by atoms with Gasteiger partial charge in [0, 0.05) is 0 Å². The number of hydrogen-bond donors (Lipinski definition) is 1. The average molecular weight is 557 g/mol. The van der Waals surface area contributed by atoms with Crippen molar-refractivity contribution in [3.8, 4) is 0 Å². The smallest absolute Gasteiger partial charge is 0.419 e. The van der Waals surface area contributed by atoms with E-state index in [0.717, 1.165) is 6.92 Å². The largest absolute Gasteiger partial charge is 0.446 e. The predicted octanol–water partition coefficient (Wildman–Crippen LogP) is 6.75. The van der Waals surface area contributed by atoms with Crippen molar-refractivity contribution in [3.05, 3.63) is 121 Å². The Morgan fingerprint density at radius 3 is 1.49 bits per heavy atom. The number of ether oxygens (including phenoxy) is 3. The highest BCUT2D eigenvalue weighted by atomic mass is 19.1. The standard InChI is InChI=1S/C32H29FN2O6/c1-32(33)28(41-31(38)35(25-18-10-4-11-19-25)26-20-12-5-13-21-26)27(40-29(32)36)22-39-30(37)34(23-14-6-2-7-15-23)24-16-8-3-9-17-24/h2-21,27-29,36H,22H2,1H3/t27-,28-,29-,32-/m1/s1. The van der Waals surface area contributed by atoms with Gasteiger partial charge in [0.1, 0.15) is 12.7 Å². The first-order chi connectivity index (χ1) is 19.9. The van der Waals surface area contributed by atoms with E-state index in [1.54, 1.807) is 109 Å². The van der Waals surface area contributed by atoms with Crippen molar-refractivity contribution in [3.63, 3.8) is 0 Å². The third-order valence-electron chi connectivity index (χ3n) is 6.70. The average Bonchev–Trinajstić information content (AvgIpc) is 3.21. The summed E-state index contributed by atoms with van der Waals surface area (Å²) in [4.78, 5) is 29.5.